The first kappa shape index (κ1) is 17.8. The molecule has 6 heteroatoms. The average Bonchev–Trinajstić information content (AvgIpc) is 2.53. The SMILES string of the molecule is CC1=Nc2cccc(n2)/N=C(/C)C/C(C)=N\c2cccc(n2)N=C(C)C1. The topological polar surface area (TPSA) is 75.2 Å². The van der Waals surface area contributed by atoms with Gasteiger partial charge in [0.1, 0.15) is 0 Å². The van der Waals surface area contributed by atoms with Gasteiger partial charge in [0, 0.05) is 35.7 Å². The van der Waals surface area contributed by atoms with Gasteiger partial charge in [-0.25, -0.2) is 29.9 Å². The van der Waals surface area contributed by atoms with Crippen LogP contribution in [0.5, 0.6) is 0 Å². The van der Waals surface area contributed by atoms with E-state index in [2.05, 4.69) is 29.9 Å². The molecule has 132 valence electrons. The van der Waals surface area contributed by atoms with Crippen LogP contribution in [0.1, 0.15) is 40.5 Å². The normalized spacial score (nSPS) is 19.5. The fourth-order valence-corrected chi connectivity index (χ4v) is 2.75. The van der Waals surface area contributed by atoms with Crippen LogP contribution in [0.2, 0.25) is 0 Å². The lowest BCUT2D eigenvalue weighted by Crippen LogP contribution is -2.02. The summed E-state index contributed by atoms with van der Waals surface area (Å²) in [5.41, 5.74) is 3.75. The Morgan fingerprint density at radius 1 is 0.500 bits per heavy atom. The second-order valence-corrected chi connectivity index (χ2v) is 6.45. The Balaban J connectivity index is 2.07. The van der Waals surface area contributed by atoms with Crippen LogP contribution in [-0.4, -0.2) is 32.8 Å². The van der Waals surface area contributed by atoms with Gasteiger partial charge in [0.2, 0.25) is 0 Å². The number of rotatable bonds is 0. The number of aromatic nitrogens is 2. The van der Waals surface area contributed by atoms with Crippen LogP contribution in [0.25, 0.3) is 0 Å². The van der Waals surface area contributed by atoms with E-state index in [0.29, 0.717) is 36.1 Å². The van der Waals surface area contributed by atoms with E-state index in [9.17, 15) is 0 Å². The molecule has 4 bridgehead atoms. The molecule has 1 aliphatic heterocycles. The van der Waals surface area contributed by atoms with E-state index in [-0.39, 0.29) is 0 Å². The first-order chi connectivity index (χ1) is 12.5. The molecule has 2 aromatic heterocycles. The van der Waals surface area contributed by atoms with Crippen LogP contribution in [0.15, 0.2) is 56.4 Å². The summed E-state index contributed by atoms with van der Waals surface area (Å²) in [7, 11) is 0. The van der Waals surface area contributed by atoms with Gasteiger partial charge in [-0.1, -0.05) is 12.1 Å². The van der Waals surface area contributed by atoms with Gasteiger partial charge < -0.3 is 0 Å². The maximum atomic E-state index is 4.59. The van der Waals surface area contributed by atoms with Gasteiger partial charge in [-0.05, 0) is 52.0 Å². The fraction of sp³-hybridized carbons (Fsp3) is 0.300. The number of aliphatic imine (C=N–C) groups is 4. The molecule has 1 aliphatic rings. The summed E-state index contributed by atoms with van der Waals surface area (Å²) in [6, 6.07) is 11.4. The summed E-state index contributed by atoms with van der Waals surface area (Å²) in [6.07, 6.45) is 1.31. The van der Waals surface area contributed by atoms with Crippen molar-refractivity contribution in [2.24, 2.45) is 20.0 Å². The van der Waals surface area contributed by atoms with Gasteiger partial charge in [0.05, 0.1) is 0 Å². The van der Waals surface area contributed by atoms with Crippen molar-refractivity contribution in [2.45, 2.75) is 40.5 Å². The Labute approximate surface area is 153 Å². The zero-order valence-corrected chi connectivity index (χ0v) is 15.6. The minimum absolute atomic E-state index is 0.655. The average molecular weight is 346 g/mol. The molecule has 3 rings (SSSR count). The van der Waals surface area contributed by atoms with Gasteiger partial charge in [-0.2, -0.15) is 0 Å². The molecule has 0 spiro atoms. The smallest absolute Gasteiger partial charge is 0.154 e. The summed E-state index contributed by atoms with van der Waals surface area (Å²) in [5.74, 6) is 2.62. The Kier molecular flexibility index (Phi) is 5.41. The highest BCUT2D eigenvalue weighted by Gasteiger charge is 2.04. The van der Waals surface area contributed by atoms with Crippen LogP contribution in [0, 0.1) is 0 Å². The van der Waals surface area contributed by atoms with E-state index >= 15 is 0 Å². The molecule has 0 amide bonds. The highest BCUT2D eigenvalue weighted by atomic mass is 15.0. The van der Waals surface area contributed by atoms with Crippen molar-refractivity contribution in [3.63, 3.8) is 0 Å². The maximum absolute atomic E-state index is 4.59. The minimum atomic E-state index is 0.655. The second-order valence-electron chi connectivity index (χ2n) is 6.45. The first-order valence-electron chi connectivity index (χ1n) is 8.59. The first-order valence-corrected chi connectivity index (χ1v) is 8.59. The van der Waals surface area contributed by atoms with Crippen LogP contribution < -0.4 is 0 Å². The fourth-order valence-electron chi connectivity index (χ4n) is 2.75. The Bertz CT molecular complexity index is 793. The quantitative estimate of drug-likeness (QED) is 0.645. The van der Waals surface area contributed by atoms with Gasteiger partial charge in [0.25, 0.3) is 0 Å². The molecule has 0 unspecified atom stereocenters. The van der Waals surface area contributed by atoms with Crippen molar-refractivity contribution >= 4 is 46.1 Å². The van der Waals surface area contributed by atoms with E-state index in [1.807, 2.05) is 64.1 Å². The minimum Gasteiger partial charge on any atom is -0.238 e. The van der Waals surface area contributed by atoms with Gasteiger partial charge >= 0.3 is 0 Å². The van der Waals surface area contributed by atoms with Crippen molar-refractivity contribution in [2.75, 3.05) is 0 Å². The van der Waals surface area contributed by atoms with Crippen LogP contribution >= 0.6 is 0 Å². The summed E-state index contributed by atoms with van der Waals surface area (Å²) < 4.78 is 0. The zero-order chi connectivity index (χ0) is 18.5. The molecule has 0 N–H and O–H groups in total. The predicted molar refractivity (Wildman–Crippen MR) is 109 cm³/mol. The molecule has 26 heavy (non-hydrogen) atoms. The van der Waals surface area contributed by atoms with E-state index in [0.717, 1.165) is 22.8 Å². The van der Waals surface area contributed by atoms with Crippen molar-refractivity contribution in [3.05, 3.63) is 36.4 Å². The summed E-state index contributed by atoms with van der Waals surface area (Å²) in [4.78, 5) is 27.4. The summed E-state index contributed by atoms with van der Waals surface area (Å²) in [5, 5.41) is 0. The molecule has 0 saturated carbocycles. The third-order valence-electron chi connectivity index (χ3n) is 3.68. The summed E-state index contributed by atoms with van der Waals surface area (Å²) >= 11 is 0. The van der Waals surface area contributed by atoms with Crippen LogP contribution in [0.4, 0.5) is 23.3 Å². The van der Waals surface area contributed by atoms with Gasteiger partial charge in [-0.15, -0.1) is 0 Å². The van der Waals surface area contributed by atoms with E-state index in [1.54, 1.807) is 0 Å². The predicted octanol–water partition coefficient (Wildman–Crippen LogP) is 5.34. The number of nitrogens with zero attached hydrogens (tertiary/aromatic N) is 6. The molecule has 0 radical (unpaired) electrons. The van der Waals surface area contributed by atoms with Gasteiger partial charge in [0.15, 0.2) is 23.3 Å². The molecule has 0 saturated heterocycles. The highest BCUT2D eigenvalue weighted by molar-refractivity contribution is 6.04. The number of fused-ring (bicyclic) bond motifs is 4. The van der Waals surface area contributed by atoms with Crippen molar-refractivity contribution in [3.8, 4) is 0 Å². The molecule has 0 aliphatic carbocycles. The van der Waals surface area contributed by atoms with E-state index in [1.165, 1.54) is 0 Å². The Hall–Kier alpha value is -3.02. The number of hydrogen-bond acceptors (Lipinski definition) is 6. The zero-order valence-electron chi connectivity index (χ0n) is 15.6. The molecular formula is C20H22N6. The lowest BCUT2D eigenvalue weighted by atomic mass is 10.2. The lowest BCUT2D eigenvalue weighted by Gasteiger charge is -2.05. The molecule has 0 fully saturated rings. The van der Waals surface area contributed by atoms with Gasteiger partial charge in [-0.3, -0.25) is 0 Å². The van der Waals surface area contributed by atoms with Crippen molar-refractivity contribution in [1.82, 2.24) is 9.97 Å². The van der Waals surface area contributed by atoms with E-state index in [4.69, 9.17) is 0 Å². The van der Waals surface area contributed by atoms with E-state index < -0.39 is 0 Å². The van der Waals surface area contributed by atoms with Crippen LogP contribution in [0.3, 0.4) is 0 Å². The second kappa shape index (κ2) is 7.91. The maximum Gasteiger partial charge on any atom is 0.154 e. The van der Waals surface area contributed by atoms with Crippen molar-refractivity contribution in [1.29, 1.82) is 0 Å². The summed E-state index contributed by atoms with van der Waals surface area (Å²) in [6.45, 7) is 7.90. The highest BCUT2D eigenvalue weighted by Crippen LogP contribution is 2.19. The number of hydrogen-bond donors (Lipinski definition) is 0. The molecule has 0 aromatic carbocycles. The molecule has 3 heterocycles. The number of pyridine rings is 2. The van der Waals surface area contributed by atoms with Crippen LogP contribution in [-0.2, 0) is 0 Å². The molecular weight excluding hydrogens is 324 g/mol. The molecule has 6 nitrogen and oxygen atoms in total. The third kappa shape index (κ3) is 4.99. The Morgan fingerprint density at radius 3 is 1.04 bits per heavy atom. The monoisotopic (exact) mass is 346 g/mol. The lowest BCUT2D eigenvalue weighted by molar-refractivity contribution is 1.20. The largest absolute Gasteiger partial charge is 0.238 e. The standard InChI is InChI=1S/C20H22N6/c1-13-11-14(2)22-18-9-6-10-20(26-18)24-16(4)12-15(3)23-19-8-5-7-17(21-13)25-19/h5-10H,11-12H2,1-4H3/b21-13-,22-14-,23-15?,24-16?. The third-order valence-corrected chi connectivity index (χ3v) is 3.68. The molecule has 0 atom stereocenters. The molecule has 2 aromatic rings. The Morgan fingerprint density at radius 2 is 0.769 bits per heavy atom. The van der Waals surface area contributed by atoms with Crippen molar-refractivity contribution < 1.29 is 0 Å².